The summed E-state index contributed by atoms with van der Waals surface area (Å²) in [4.78, 5) is 13.0. The van der Waals surface area contributed by atoms with Gasteiger partial charge in [0.1, 0.15) is 18.6 Å². The Balaban J connectivity index is 1.36. The van der Waals surface area contributed by atoms with E-state index in [1.165, 1.54) is 18.0 Å². The number of aromatic amines is 1. The van der Waals surface area contributed by atoms with Crippen molar-refractivity contribution in [3.05, 3.63) is 77.6 Å². The van der Waals surface area contributed by atoms with Crippen LogP contribution in [0.15, 0.2) is 80.5 Å². The van der Waals surface area contributed by atoms with E-state index < -0.39 is 0 Å². The number of hydrogen-bond acceptors (Lipinski definition) is 6. The van der Waals surface area contributed by atoms with Gasteiger partial charge in [0, 0.05) is 5.56 Å². The van der Waals surface area contributed by atoms with Crippen LogP contribution in [-0.4, -0.2) is 16.2 Å². The molecular weight excluding hydrogens is 360 g/mol. The molecule has 0 fully saturated rings. The molecule has 1 N–H and O–H groups in total. The second kappa shape index (κ2) is 7.81. The van der Waals surface area contributed by atoms with Crippen LogP contribution >= 0.6 is 11.8 Å². The normalized spacial score (nSPS) is 11.1. The van der Waals surface area contributed by atoms with Gasteiger partial charge in [-0.15, -0.1) is 0 Å². The fourth-order valence-electron chi connectivity index (χ4n) is 2.48. The predicted molar refractivity (Wildman–Crippen MR) is 102 cm³/mol. The molecule has 0 spiro atoms. The summed E-state index contributed by atoms with van der Waals surface area (Å²) in [5, 5.41) is 14.4. The number of hydrogen-bond donors (Lipinski definition) is 1. The lowest BCUT2D eigenvalue weighted by Crippen LogP contribution is -1.91. The number of aromatic nitrogens is 2. The second-order valence-corrected chi connectivity index (χ2v) is 6.59. The number of oxime groups is 1. The third-order valence-electron chi connectivity index (χ3n) is 3.78. The van der Waals surface area contributed by atoms with E-state index in [4.69, 9.17) is 14.5 Å². The molecule has 0 radical (unpaired) electrons. The van der Waals surface area contributed by atoms with E-state index in [9.17, 15) is 0 Å². The summed E-state index contributed by atoms with van der Waals surface area (Å²) in [6.07, 6.45) is 1.50. The molecule has 2 aromatic carbocycles. The third-order valence-corrected chi connectivity index (χ3v) is 4.59. The van der Waals surface area contributed by atoms with Gasteiger partial charge in [-0.3, -0.25) is 0 Å². The molecule has 0 amide bonds. The Kier molecular flexibility index (Phi) is 4.90. The van der Waals surface area contributed by atoms with Gasteiger partial charge in [0.25, 0.3) is 0 Å². The summed E-state index contributed by atoms with van der Waals surface area (Å²) in [6.45, 7) is 0.224. The van der Waals surface area contributed by atoms with Crippen LogP contribution in [0.25, 0.3) is 11.0 Å². The molecule has 0 saturated carbocycles. The summed E-state index contributed by atoms with van der Waals surface area (Å²) in [6, 6.07) is 20.9. The Morgan fingerprint density at radius 1 is 1.15 bits per heavy atom. The Bertz CT molecular complexity index is 1110. The molecule has 27 heavy (non-hydrogen) atoms. The van der Waals surface area contributed by atoms with Crippen molar-refractivity contribution in [2.45, 2.75) is 16.9 Å². The summed E-state index contributed by atoms with van der Waals surface area (Å²) in [7, 11) is 0. The van der Waals surface area contributed by atoms with Gasteiger partial charge in [-0.25, -0.2) is 4.98 Å². The Hall–Kier alpha value is -3.50. The van der Waals surface area contributed by atoms with E-state index in [1.807, 2.05) is 48.5 Å². The highest BCUT2D eigenvalue weighted by molar-refractivity contribution is 7.99. The molecule has 0 saturated heterocycles. The van der Waals surface area contributed by atoms with Crippen molar-refractivity contribution in [1.82, 2.24) is 9.97 Å². The lowest BCUT2D eigenvalue weighted by atomic mass is 10.1. The number of nitrogens with zero attached hydrogens (tertiary/aromatic N) is 3. The molecule has 2 heterocycles. The average Bonchev–Trinajstić information content (AvgIpc) is 3.31. The summed E-state index contributed by atoms with van der Waals surface area (Å²) in [5.41, 5.74) is 3.27. The van der Waals surface area contributed by atoms with Gasteiger partial charge in [0.05, 0.1) is 22.7 Å². The fourth-order valence-corrected chi connectivity index (χ4v) is 3.25. The van der Waals surface area contributed by atoms with Crippen LogP contribution in [-0.2, 0) is 11.4 Å². The Morgan fingerprint density at radius 2 is 2.00 bits per heavy atom. The molecule has 132 valence electrons. The number of nitriles is 1. The molecule has 4 rings (SSSR count). The molecule has 0 aliphatic heterocycles. The first-order chi connectivity index (χ1) is 13.3. The number of benzene rings is 2. The maximum absolute atomic E-state index is 9.05. The van der Waals surface area contributed by atoms with E-state index in [2.05, 4.69) is 21.2 Å². The van der Waals surface area contributed by atoms with Crippen LogP contribution < -0.4 is 0 Å². The number of nitrogens with one attached hydrogen (secondary N) is 1. The van der Waals surface area contributed by atoms with Crippen molar-refractivity contribution >= 4 is 29.0 Å². The van der Waals surface area contributed by atoms with Gasteiger partial charge in [-0.1, -0.05) is 35.5 Å². The maximum Gasteiger partial charge on any atom is 0.174 e. The zero-order valence-electron chi connectivity index (χ0n) is 14.1. The first kappa shape index (κ1) is 16.9. The van der Waals surface area contributed by atoms with Crippen molar-refractivity contribution in [3.63, 3.8) is 0 Å². The lowest BCUT2D eigenvalue weighted by molar-refractivity contribution is 0.131. The molecule has 2 aromatic heterocycles. The molecule has 6 nitrogen and oxygen atoms in total. The van der Waals surface area contributed by atoms with Crippen LogP contribution in [0.5, 0.6) is 0 Å². The van der Waals surface area contributed by atoms with Gasteiger partial charge in [-0.05, 0) is 42.1 Å². The molecule has 0 aliphatic carbocycles. The Morgan fingerprint density at radius 3 is 2.89 bits per heavy atom. The van der Waals surface area contributed by atoms with Crippen molar-refractivity contribution in [2.75, 3.05) is 0 Å². The number of fused-ring (bicyclic) bond motifs is 1. The van der Waals surface area contributed by atoms with Gasteiger partial charge in [0.15, 0.2) is 10.2 Å². The van der Waals surface area contributed by atoms with Gasteiger partial charge >= 0.3 is 0 Å². The molecule has 4 aromatic rings. The van der Waals surface area contributed by atoms with Crippen LogP contribution in [0.2, 0.25) is 0 Å². The molecule has 0 atom stereocenters. The van der Waals surface area contributed by atoms with Crippen LogP contribution in [0, 0.1) is 11.3 Å². The lowest BCUT2D eigenvalue weighted by Gasteiger charge is -2.01. The van der Waals surface area contributed by atoms with Crippen molar-refractivity contribution < 1.29 is 9.25 Å². The van der Waals surface area contributed by atoms with Gasteiger partial charge in [-0.2, -0.15) is 5.26 Å². The minimum atomic E-state index is 0.224. The minimum Gasteiger partial charge on any atom is -0.448 e. The highest BCUT2D eigenvalue weighted by atomic mass is 32.2. The number of H-pyrrole nitrogens is 1. The quantitative estimate of drug-likeness (QED) is 0.389. The number of para-hydroxylation sites is 2. The maximum atomic E-state index is 9.05. The van der Waals surface area contributed by atoms with E-state index in [0.717, 1.165) is 21.8 Å². The fraction of sp³-hybridized carbons (Fsp3) is 0.0500. The summed E-state index contributed by atoms with van der Waals surface area (Å²) < 4.78 is 5.70. The first-order valence-corrected chi connectivity index (χ1v) is 8.99. The van der Waals surface area contributed by atoms with E-state index in [1.54, 1.807) is 12.1 Å². The van der Waals surface area contributed by atoms with Crippen LogP contribution in [0.3, 0.4) is 0 Å². The largest absolute Gasteiger partial charge is 0.448 e. The number of furan rings is 1. The van der Waals surface area contributed by atoms with Crippen LogP contribution in [0.4, 0.5) is 0 Å². The van der Waals surface area contributed by atoms with Gasteiger partial charge in [0.2, 0.25) is 0 Å². The highest BCUT2D eigenvalue weighted by Gasteiger charge is 2.07. The smallest absolute Gasteiger partial charge is 0.174 e. The van der Waals surface area contributed by atoms with E-state index in [-0.39, 0.29) is 6.61 Å². The van der Waals surface area contributed by atoms with Crippen molar-refractivity contribution in [2.24, 2.45) is 5.16 Å². The minimum absolute atomic E-state index is 0.224. The topological polar surface area (TPSA) is 87.2 Å². The second-order valence-electron chi connectivity index (χ2n) is 5.59. The standard InChI is InChI=1S/C20H14N4O2S/c21-11-14-5-1-2-6-15(14)13-25-22-12-16-9-10-19(26-16)27-20-23-17-7-3-4-8-18(17)24-20/h1-10,12H,13H2,(H,23,24)/b22-12-. The number of imidazole rings is 1. The zero-order valence-corrected chi connectivity index (χ0v) is 14.9. The molecule has 0 aliphatic rings. The number of rotatable bonds is 6. The van der Waals surface area contributed by atoms with Crippen molar-refractivity contribution in [1.29, 1.82) is 5.26 Å². The first-order valence-electron chi connectivity index (χ1n) is 8.17. The Labute approximate surface area is 159 Å². The molecular formula is C20H14N4O2S. The molecule has 7 heteroatoms. The monoisotopic (exact) mass is 374 g/mol. The van der Waals surface area contributed by atoms with Crippen molar-refractivity contribution in [3.8, 4) is 6.07 Å². The van der Waals surface area contributed by atoms with E-state index >= 15 is 0 Å². The van der Waals surface area contributed by atoms with Gasteiger partial charge < -0.3 is 14.2 Å². The SMILES string of the molecule is N#Cc1ccccc1CO/N=C\c1ccc(Sc2nc3ccccc3[nH]2)o1. The average molecular weight is 374 g/mol. The summed E-state index contributed by atoms with van der Waals surface area (Å²) >= 11 is 1.40. The highest BCUT2D eigenvalue weighted by Crippen LogP contribution is 2.28. The van der Waals surface area contributed by atoms with Crippen LogP contribution in [0.1, 0.15) is 16.9 Å². The predicted octanol–water partition coefficient (Wildman–Crippen LogP) is 4.73. The molecule has 0 unspecified atom stereocenters. The summed E-state index contributed by atoms with van der Waals surface area (Å²) in [5.74, 6) is 0.571. The third kappa shape index (κ3) is 4.02. The zero-order chi connectivity index (χ0) is 18.5. The van der Waals surface area contributed by atoms with E-state index in [0.29, 0.717) is 16.4 Å². The molecule has 0 bridgehead atoms.